The molecule has 1 N–H and O–H groups in total. The quantitative estimate of drug-likeness (QED) is 0.244. The maximum Gasteiger partial charge on any atom is 0.338 e. The Labute approximate surface area is 195 Å². The number of methoxy groups -OCH3 is 2. The molecule has 2 aromatic rings. The summed E-state index contributed by atoms with van der Waals surface area (Å²) in [5, 5.41) is 22.3. The fourth-order valence-corrected chi connectivity index (χ4v) is 3.16. The molecule has 2 rings (SSSR count). The van der Waals surface area contributed by atoms with E-state index in [9.17, 15) is 24.5 Å². The number of nitrogens with one attached hydrogen (secondary N) is 1. The van der Waals surface area contributed by atoms with Crippen LogP contribution in [0.2, 0.25) is 0 Å². The maximum atomic E-state index is 12.2. The van der Waals surface area contributed by atoms with Gasteiger partial charge in [-0.2, -0.15) is 0 Å². The number of nitrogens with zero attached hydrogens (tertiary/aromatic N) is 4. The van der Waals surface area contributed by atoms with Crippen LogP contribution in [0.5, 0.6) is 0 Å². The zero-order valence-electron chi connectivity index (χ0n) is 19.4. The van der Waals surface area contributed by atoms with Gasteiger partial charge >= 0.3 is 11.9 Å². The number of anilines is 2. The van der Waals surface area contributed by atoms with E-state index in [2.05, 4.69) is 29.9 Å². The van der Waals surface area contributed by atoms with Crippen LogP contribution in [0, 0.1) is 10.1 Å². The number of nitro benzene ring substituents is 1. The lowest BCUT2D eigenvalue weighted by atomic mass is 10.1. The molecule has 0 radical (unpaired) electrons. The first-order valence-electron chi connectivity index (χ1n) is 10.2. The molecule has 0 aliphatic carbocycles. The Morgan fingerprint density at radius 3 is 2.03 bits per heavy atom. The lowest BCUT2D eigenvalue weighted by Crippen LogP contribution is -2.21. The molecule has 12 nitrogen and oxygen atoms in total. The fraction of sp³-hybridized carbons (Fsp3) is 0.318. The van der Waals surface area contributed by atoms with E-state index in [1.807, 2.05) is 13.8 Å². The van der Waals surface area contributed by atoms with Crippen molar-refractivity contribution in [2.45, 2.75) is 20.8 Å². The van der Waals surface area contributed by atoms with Gasteiger partial charge in [0.15, 0.2) is 5.69 Å². The second-order valence-electron chi connectivity index (χ2n) is 6.88. The third-order valence-electron chi connectivity index (χ3n) is 4.81. The zero-order chi connectivity index (χ0) is 25.4. The summed E-state index contributed by atoms with van der Waals surface area (Å²) >= 11 is 0. The number of nitro groups is 1. The molecule has 2 aromatic carbocycles. The minimum atomic E-state index is -0.952. The second-order valence-corrected chi connectivity index (χ2v) is 6.88. The molecule has 0 atom stereocenters. The van der Waals surface area contributed by atoms with Crippen LogP contribution in [-0.2, 0) is 14.3 Å². The summed E-state index contributed by atoms with van der Waals surface area (Å²) in [7, 11) is 2.18. The Hall–Kier alpha value is -4.35. The van der Waals surface area contributed by atoms with Crippen LogP contribution in [0.3, 0.4) is 0 Å². The molecule has 0 spiro atoms. The average molecular weight is 471 g/mol. The van der Waals surface area contributed by atoms with E-state index >= 15 is 0 Å². The Bertz CT molecular complexity index is 1140. The number of rotatable bonds is 9. The molecule has 12 heteroatoms. The first-order valence-corrected chi connectivity index (χ1v) is 10.2. The number of azo groups is 1. The largest absolute Gasteiger partial charge is 0.465 e. The number of hydrogen-bond donors (Lipinski definition) is 1. The van der Waals surface area contributed by atoms with Crippen LogP contribution in [0.1, 0.15) is 41.5 Å². The van der Waals surface area contributed by atoms with Gasteiger partial charge in [0.1, 0.15) is 5.69 Å². The van der Waals surface area contributed by atoms with E-state index in [0.29, 0.717) is 5.69 Å². The summed E-state index contributed by atoms with van der Waals surface area (Å²) in [6.07, 6.45) is 0. The van der Waals surface area contributed by atoms with Crippen molar-refractivity contribution in [2.75, 3.05) is 37.5 Å². The van der Waals surface area contributed by atoms with E-state index < -0.39 is 22.5 Å². The number of ether oxygens (including phenoxy) is 2. The third-order valence-corrected chi connectivity index (χ3v) is 4.81. The zero-order valence-corrected chi connectivity index (χ0v) is 19.4. The highest BCUT2D eigenvalue weighted by Gasteiger charge is 2.26. The standard InChI is InChI=1S/C22H25N5O7/c1-6-26(7-2)14-8-9-17(18(10-14)23-13(3)28)24-25-19-11-15(21(29)33-4)16(22(30)34-5)12-20(19)27(31)32/h8-12H,6-7H2,1-5H3,(H,23,28). The molecule has 0 aromatic heterocycles. The minimum Gasteiger partial charge on any atom is -0.465 e. The Kier molecular flexibility index (Phi) is 8.76. The molecule has 34 heavy (non-hydrogen) atoms. The lowest BCUT2D eigenvalue weighted by molar-refractivity contribution is -0.384. The molecular weight excluding hydrogens is 446 g/mol. The highest BCUT2D eigenvalue weighted by molar-refractivity contribution is 6.04. The number of carbonyl (C=O) groups is 3. The summed E-state index contributed by atoms with van der Waals surface area (Å²) < 4.78 is 9.28. The van der Waals surface area contributed by atoms with Crippen LogP contribution in [-0.4, -0.2) is 50.1 Å². The van der Waals surface area contributed by atoms with E-state index in [1.54, 1.807) is 18.2 Å². The van der Waals surface area contributed by atoms with Gasteiger partial charge < -0.3 is 19.7 Å². The number of carbonyl (C=O) groups excluding carboxylic acids is 3. The van der Waals surface area contributed by atoms with E-state index in [0.717, 1.165) is 45.1 Å². The van der Waals surface area contributed by atoms with Crippen LogP contribution in [0.25, 0.3) is 0 Å². The smallest absolute Gasteiger partial charge is 0.338 e. The van der Waals surface area contributed by atoms with Crippen molar-refractivity contribution in [3.05, 3.63) is 51.6 Å². The molecule has 0 saturated heterocycles. The van der Waals surface area contributed by atoms with Gasteiger partial charge in [0.05, 0.1) is 36.0 Å². The van der Waals surface area contributed by atoms with Gasteiger partial charge in [0.2, 0.25) is 5.91 Å². The van der Waals surface area contributed by atoms with Crippen molar-refractivity contribution in [3.8, 4) is 0 Å². The van der Waals surface area contributed by atoms with Gasteiger partial charge in [-0.25, -0.2) is 9.59 Å². The van der Waals surface area contributed by atoms with Crippen molar-refractivity contribution in [3.63, 3.8) is 0 Å². The van der Waals surface area contributed by atoms with Crippen LogP contribution in [0.4, 0.5) is 28.4 Å². The second kappa shape index (κ2) is 11.5. The van der Waals surface area contributed by atoms with Crippen LogP contribution >= 0.6 is 0 Å². The number of esters is 2. The van der Waals surface area contributed by atoms with Gasteiger partial charge in [-0.05, 0) is 38.1 Å². The first kappa shape index (κ1) is 25.9. The molecule has 0 fully saturated rings. The van der Waals surface area contributed by atoms with E-state index in [1.165, 1.54) is 6.92 Å². The molecule has 0 heterocycles. The number of amides is 1. The summed E-state index contributed by atoms with van der Waals surface area (Å²) in [5.74, 6) is -2.20. The highest BCUT2D eigenvalue weighted by atomic mass is 16.6. The number of hydrogen-bond acceptors (Lipinski definition) is 10. The molecule has 0 saturated carbocycles. The molecule has 180 valence electrons. The van der Waals surface area contributed by atoms with Gasteiger partial charge in [-0.3, -0.25) is 14.9 Å². The third kappa shape index (κ3) is 5.91. The average Bonchev–Trinajstić information content (AvgIpc) is 2.82. The fourth-order valence-electron chi connectivity index (χ4n) is 3.16. The van der Waals surface area contributed by atoms with E-state index in [4.69, 9.17) is 0 Å². The molecule has 0 bridgehead atoms. The van der Waals surface area contributed by atoms with Crippen molar-refractivity contribution in [1.29, 1.82) is 0 Å². The molecular formula is C22H25N5O7. The van der Waals surface area contributed by atoms with Crippen molar-refractivity contribution in [2.24, 2.45) is 10.2 Å². The topological polar surface area (TPSA) is 153 Å². The van der Waals surface area contributed by atoms with Crippen molar-refractivity contribution < 1.29 is 28.8 Å². The van der Waals surface area contributed by atoms with Crippen LogP contribution < -0.4 is 10.2 Å². The maximum absolute atomic E-state index is 12.2. The summed E-state index contributed by atoms with van der Waals surface area (Å²) in [6, 6.07) is 7.02. The summed E-state index contributed by atoms with van der Waals surface area (Å²) in [6.45, 7) is 6.80. The van der Waals surface area contributed by atoms with Crippen molar-refractivity contribution in [1.82, 2.24) is 0 Å². The lowest BCUT2D eigenvalue weighted by Gasteiger charge is -2.22. The summed E-state index contributed by atoms with van der Waals surface area (Å²) in [5.41, 5.74) is -0.0542. The Balaban J connectivity index is 2.64. The predicted octanol–water partition coefficient (Wildman–Crippen LogP) is 4.39. The molecule has 1 amide bonds. The number of benzene rings is 2. The van der Waals surface area contributed by atoms with E-state index in [-0.39, 0.29) is 28.4 Å². The predicted molar refractivity (Wildman–Crippen MR) is 124 cm³/mol. The molecule has 0 unspecified atom stereocenters. The van der Waals surface area contributed by atoms with Gasteiger partial charge in [0, 0.05) is 31.8 Å². The molecule has 0 aliphatic rings. The first-order chi connectivity index (χ1) is 16.2. The normalized spacial score (nSPS) is 10.6. The van der Waals surface area contributed by atoms with Gasteiger partial charge in [0.25, 0.3) is 5.69 Å². The Morgan fingerprint density at radius 1 is 0.971 bits per heavy atom. The van der Waals surface area contributed by atoms with Crippen LogP contribution in [0.15, 0.2) is 40.6 Å². The SMILES string of the molecule is CCN(CC)c1ccc(N=Nc2cc(C(=O)OC)c(C(=O)OC)cc2[N+](=O)[O-])c(NC(C)=O)c1. The van der Waals surface area contributed by atoms with Gasteiger partial charge in [-0.1, -0.05) is 0 Å². The monoisotopic (exact) mass is 471 g/mol. The Morgan fingerprint density at radius 2 is 1.53 bits per heavy atom. The van der Waals surface area contributed by atoms with Gasteiger partial charge in [-0.15, -0.1) is 10.2 Å². The highest BCUT2D eigenvalue weighted by Crippen LogP contribution is 2.36. The minimum absolute atomic E-state index is 0.233. The molecule has 0 aliphatic heterocycles. The summed E-state index contributed by atoms with van der Waals surface area (Å²) in [4.78, 5) is 48.8. The van der Waals surface area contributed by atoms with Crippen molar-refractivity contribution >= 4 is 46.3 Å².